The number of ether oxygens (including phenoxy) is 1. The summed E-state index contributed by atoms with van der Waals surface area (Å²) in [6.45, 7) is 0. The van der Waals surface area contributed by atoms with E-state index in [4.69, 9.17) is 5.26 Å². The molecular formula is C14H14BrF2NO2. The summed E-state index contributed by atoms with van der Waals surface area (Å²) in [5.41, 5.74) is 0.640. The Balaban J connectivity index is 0.00000200. The Morgan fingerprint density at radius 3 is 2.40 bits per heavy atom. The van der Waals surface area contributed by atoms with Crippen molar-refractivity contribution in [2.45, 2.75) is 31.5 Å². The van der Waals surface area contributed by atoms with Gasteiger partial charge in [-0.2, -0.15) is 9.65 Å². The number of alkyl halides is 1. The smallest absolute Gasteiger partial charge is 0.289 e. The first kappa shape index (κ1) is 16.6. The molecule has 1 aromatic carbocycles. The molecular weight excluding hydrogens is 332 g/mol. The Morgan fingerprint density at radius 2 is 1.90 bits per heavy atom. The highest BCUT2D eigenvalue weighted by Gasteiger charge is 2.39. The van der Waals surface area contributed by atoms with Gasteiger partial charge >= 0.3 is 0 Å². The van der Waals surface area contributed by atoms with E-state index < -0.39 is 5.85 Å². The number of hydrogen-bond donors (Lipinski definition) is 0. The van der Waals surface area contributed by atoms with E-state index in [0.717, 1.165) is 4.47 Å². The number of Topliss-reactive ketones (excluding diaryl/α,β-unsaturated/α-hetero) is 1. The Morgan fingerprint density at radius 1 is 1.35 bits per heavy atom. The van der Waals surface area contributed by atoms with Crippen molar-refractivity contribution in [1.29, 1.82) is 5.26 Å². The van der Waals surface area contributed by atoms with Gasteiger partial charge in [0.1, 0.15) is 0 Å². The van der Waals surface area contributed by atoms with E-state index in [0.29, 0.717) is 18.4 Å². The quantitative estimate of drug-likeness (QED) is 0.611. The highest BCUT2D eigenvalue weighted by atomic mass is 79.9. The molecule has 0 radical (unpaired) electrons. The fourth-order valence-corrected chi connectivity index (χ4v) is 2.61. The van der Waals surface area contributed by atoms with E-state index in [1.807, 2.05) is 12.1 Å². The number of carbonyl (C=O) groups excluding carboxylic acids is 1. The highest BCUT2D eigenvalue weighted by molar-refractivity contribution is 9.10. The van der Waals surface area contributed by atoms with Gasteiger partial charge in [0.05, 0.1) is 0 Å². The molecule has 6 heteroatoms. The minimum Gasteiger partial charge on any atom is -0.388 e. The molecule has 0 N–H and O–H groups in total. The first-order valence-corrected chi connectivity index (χ1v) is 6.89. The lowest BCUT2D eigenvalue weighted by Gasteiger charge is -2.30. The molecule has 0 bridgehead atoms. The number of nitrogens with zero attached hydrogens (tertiary/aromatic N) is 1. The lowest BCUT2D eigenvalue weighted by molar-refractivity contribution is -0.118. The number of rotatable bonds is 3. The van der Waals surface area contributed by atoms with E-state index in [-0.39, 0.29) is 29.2 Å². The summed E-state index contributed by atoms with van der Waals surface area (Å²) in [6.07, 6.45) is 2.40. The molecule has 1 aliphatic carbocycles. The van der Waals surface area contributed by atoms with Gasteiger partial charge in [-0.25, -0.2) is 0 Å². The summed E-state index contributed by atoms with van der Waals surface area (Å²) in [5.74, 6) is -2.04. The number of nitriles is 1. The van der Waals surface area contributed by atoms with Gasteiger partial charge in [-0.15, -0.1) is 0 Å². The Hall–Kier alpha value is -1.48. The average Bonchev–Trinajstić information content (AvgIpc) is 2.40. The lowest BCUT2D eigenvalue weighted by Crippen LogP contribution is -2.33. The van der Waals surface area contributed by atoms with Gasteiger partial charge in [0.15, 0.2) is 5.78 Å². The van der Waals surface area contributed by atoms with Gasteiger partial charge in [0, 0.05) is 28.8 Å². The van der Waals surface area contributed by atoms with Crippen LogP contribution in [0.4, 0.5) is 9.09 Å². The molecule has 2 rings (SSSR count). The Kier molecular flexibility index (Phi) is 5.63. The molecule has 0 amide bonds. The topological polar surface area (TPSA) is 50.1 Å². The molecule has 0 heterocycles. The van der Waals surface area contributed by atoms with Gasteiger partial charge in [-0.3, -0.25) is 9.50 Å². The van der Waals surface area contributed by atoms with Crippen molar-refractivity contribution >= 4 is 21.7 Å². The van der Waals surface area contributed by atoms with Crippen LogP contribution in [0.15, 0.2) is 28.7 Å². The largest absolute Gasteiger partial charge is 0.388 e. The van der Waals surface area contributed by atoms with E-state index in [9.17, 15) is 9.18 Å². The minimum absolute atomic E-state index is 0. The second-order valence-electron chi connectivity index (χ2n) is 4.72. The van der Waals surface area contributed by atoms with Gasteiger partial charge < -0.3 is 4.74 Å². The summed E-state index contributed by atoms with van der Waals surface area (Å²) >= 11 is 3.31. The van der Waals surface area contributed by atoms with Crippen LogP contribution in [0.5, 0.6) is 0 Å². The first-order valence-electron chi connectivity index (χ1n) is 6.10. The van der Waals surface area contributed by atoms with Crippen LogP contribution in [-0.4, -0.2) is 11.6 Å². The van der Waals surface area contributed by atoms with Crippen LogP contribution < -0.4 is 0 Å². The van der Waals surface area contributed by atoms with Gasteiger partial charge in [-0.1, -0.05) is 28.1 Å². The van der Waals surface area contributed by atoms with Crippen LogP contribution >= 0.6 is 15.9 Å². The molecule has 108 valence electrons. The minimum atomic E-state index is -1.88. The molecule has 1 aromatic rings. The summed E-state index contributed by atoms with van der Waals surface area (Å²) in [5, 5.41) is 8.38. The highest BCUT2D eigenvalue weighted by Crippen LogP contribution is 2.37. The van der Waals surface area contributed by atoms with Crippen LogP contribution in [0.3, 0.4) is 0 Å². The summed E-state index contributed by atoms with van der Waals surface area (Å²) < 4.78 is 19.3. The third-order valence-corrected chi connectivity index (χ3v) is 3.99. The summed E-state index contributed by atoms with van der Waals surface area (Å²) in [7, 11) is 0. The van der Waals surface area contributed by atoms with Crippen LogP contribution in [0.1, 0.15) is 36.0 Å². The standard InChI is InChI=1S/C14H13BrFNO2.FH/c15-12-3-1-10(2-4-12)13(18)11-5-7-14(16,8-6-11)19-9-17;/h1-4,11H,5-8H2;1H. The summed E-state index contributed by atoms with van der Waals surface area (Å²) in [4.78, 5) is 12.2. The van der Waals surface area contributed by atoms with Crippen molar-refractivity contribution < 1.29 is 18.6 Å². The van der Waals surface area contributed by atoms with Gasteiger partial charge in [-0.05, 0) is 25.0 Å². The van der Waals surface area contributed by atoms with Crippen molar-refractivity contribution in [2.24, 2.45) is 5.92 Å². The van der Waals surface area contributed by atoms with Crippen LogP contribution in [0.2, 0.25) is 0 Å². The third kappa shape index (κ3) is 3.76. The SMILES string of the molecule is F.N#COC1(F)CCC(C(=O)c2ccc(Br)cc2)CC1. The second kappa shape index (κ2) is 6.80. The van der Waals surface area contributed by atoms with Gasteiger partial charge in [0.2, 0.25) is 0 Å². The lowest BCUT2D eigenvalue weighted by atomic mass is 9.81. The fourth-order valence-electron chi connectivity index (χ4n) is 2.34. The third-order valence-electron chi connectivity index (χ3n) is 3.46. The molecule has 0 spiro atoms. The zero-order valence-corrected chi connectivity index (χ0v) is 12.2. The van der Waals surface area contributed by atoms with E-state index in [1.54, 1.807) is 12.1 Å². The second-order valence-corrected chi connectivity index (χ2v) is 5.64. The van der Waals surface area contributed by atoms with Crippen molar-refractivity contribution in [3.05, 3.63) is 34.3 Å². The zero-order valence-electron chi connectivity index (χ0n) is 10.6. The van der Waals surface area contributed by atoms with Crippen LogP contribution in [-0.2, 0) is 4.74 Å². The number of halogens is 3. The molecule has 0 atom stereocenters. The van der Waals surface area contributed by atoms with Crippen molar-refractivity contribution in [1.82, 2.24) is 0 Å². The van der Waals surface area contributed by atoms with Crippen molar-refractivity contribution in [2.75, 3.05) is 0 Å². The number of ketones is 1. The molecule has 20 heavy (non-hydrogen) atoms. The zero-order chi connectivity index (χ0) is 13.9. The molecule has 0 aromatic heterocycles. The Labute approximate surface area is 124 Å². The monoisotopic (exact) mass is 345 g/mol. The predicted octanol–water partition coefficient (Wildman–Crippen LogP) is 4.14. The molecule has 0 unspecified atom stereocenters. The molecule has 3 nitrogen and oxygen atoms in total. The van der Waals surface area contributed by atoms with Crippen molar-refractivity contribution in [3.8, 4) is 6.26 Å². The molecule has 1 saturated carbocycles. The predicted molar refractivity (Wildman–Crippen MR) is 73.5 cm³/mol. The number of hydrogen-bond acceptors (Lipinski definition) is 3. The van der Waals surface area contributed by atoms with E-state index in [2.05, 4.69) is 20.7 Å². The van der Waals surface area contributed by atoms with Crippen molar-refractivity contribution in [3.63, 3.8) is 0 Å². The summed E-state index contributed by atoms with van der Waals surface area (Å²) in [6, 6.07) is 7.15. The van der Waals surface area contributed by atoms with Crippen LogP contribution in [0, 0.1) is 17.4 Å². The fraction of sp³-hybridized carbons (Fsp3) is 0.429. The first-order chi connectivity index (χ1) is 9.04. The van der Waals surface area contributed by atoms with Gasteiger partial charge in [0.25, 0.3) is 12.1 Å². The molecule has 0 aliphatic heterocycles. The maximum atomic E-state index is 13.9. The van der Waals surface area contributed by atoms with E-state index in [1.165, 1.54) is 6.26 Å². The average molecular weight is 346 g/mol. The van der Waals surface area contributed by atoms with Crippen LogP contribution in [0.25, 0.3) is 0 Å². The number of benzene rings is 1. The Bertz CT molecular complexity index is 505. The molecule has 0 saturated heterocycles. The molecule has 1 fully saturated rings. The normalized spacial score (nSPS) is 25.1. The number of carbonyl (C=O) groups is 1. The van der Waals surface area contributed by atoms with E-state index >= 15 is 0 Å². The molecule has 1 aliphatic rings. The maximum Gasteiger partial charge on any atom is 0.289 e. The maximum absolute atomic E-state index is 13.9.